The number of rotatable bonds is 4. The Morgan fingerprint density at radius 2 is 1.80 bits per heavy atom. The van der Waals surface area contributed by atoms with Crippen molar-refractivity contribution in [2.75, 3.05) is 38.1 Å². The Morgan fingerprint density at radius 3 is 2.40 bits per heavy atom. The van der Waals surface area contributed by atoms with Crippen molar-refractivity contribution < 1.29 is 26.7 Å². The predicted molar refractivity (Wildman–Crippen MR) is 119 cm³/mol. The number of aromatic amines is 1. The molecule has 0 spiro atoms. The highest BCUT2D eigenvalue weighted by atomic mass is 35.5. The smallest absolute Gasteiger partial charge is 0.322 e. The molecule has 0 unspecified atom stereocenters. The highest BCUT2D eigenvalue weighted by molar-refractivity contribution is 6.31. The summed E-state index contributed by atoms with van der Waals surface area (Å²) < 4.78 is 67.1. The van der Waals surface area contributed by atoms with Crippen LogP contribution >= 0.6 is 11.6 Å². The molecule has 0 bridgehead atoms. The van der Waals surface area contributed by atoms with Crippen LogP contribution < -0.4 is 4.90 Å². The van der Waals surface area contributed by atoms with Gasteiger partial charge in [-0.1, -0.05) is 23.7 Å². The normalized spacial score (nSPS) is 14.9. The Labute approximate surface area is 202 Å². The number of carbonyl (C=O) groups excluding carboxylic acids is 1. The number of hydrogen-bond donors (Lipinski definition) is 1. The van der Waals surface area contributed by atoms with Crippen molar-refractivity contribution in [3.8, 4) is 11.4 Å². The Balaban J connectivity index is 1.62. The summed E-state index contributed by atoms with van der Waals surface area (Å²) in [5.74, 6) is -3.06. The number of alkyl halides is 3. The molecule has 0 radical (unpaired) electrons. The molecule has 186 valence electrons. The van der Waals surface area contributed by atoms with E-state index in [4.69, 9.17) is 11.6 Å². The third-order valence-corrected chi connectivity index (χ3v) is 5.90. The summed E-state index contributed by atoms with van der Waals surface area (Å²) in [5, 5.41) is 5.09. The van der Waals surface area contributed by atoms with E-state index in [1.165, 1.54) is 29.2 Å². The molecule has 1 fully saturated rings. The fourth-order valence-corrected chi connectivity index (χ4v) is 3.77. The zero-order valence-electron chi connectivity index (χ0n) is 18.4. The number of H-pyrrole nitrogens is 1. The van der Waals surface area contributed by atoms with Gasteiger partial charge >= 0.3 is 12.2 Å². The lowest BCUT2D eigenvalue weighted by molar-refractivity contribution is -0.144. The summed E-state index contributed by atoms with van der Waals surface area (Å²) in [7, 11) is 1.93. The van der Waals surface area contributed by atoms with Gasteiger partial charge in [-0.2, -0.15) is 18.3 Å². The molecule has 1 saturated heterocycles. The van der Waals surface area contributed by atoms with Crippen LogP contribution in [-0.4, -0.2) is 64.2 Å². The molecule has 7 nitrogen and oxygen atoms in total. The zero-order valence-corrected chi connectivity index (χ0v) is 19.2. The maximum atomic E-state index is 15.0. The first kappa shape index (κ1) is 24.9. The van der Waals surface area contributed by atoms with Crippen molar-refractivity contribution in [1.29, 1.82) is 0 Å². The second-order valence-corrected chi connectivity index (χ2v) is 8.48. The number of amides is 2. The van der Waals surface area contributed by atoms with Crippen molar-refractivity contribution in [2.24, 2.45) is 0 Å². The topological polar surface area (TPSA) is 68.4 Å². The summed E-state index contributed by atoms with van der Waals surface area (Å²) in [4.78, 5) is 21.7. The maximum absolute atomic E-state index is 15.0. The lowest BCUT2D eigenvalue weighted by atomic mass is 10.1. The van der Waals surface area contributed by atoms with Gasteiger partial charge in [-0.15, -0.1) is 0 Å². The highest BCUT2D eigenvalue weighted by Gasteiger charge is 2.35. The first-order valence-electron chi connectivity index (χ1n) is 10.5. The van der Waals surface area contributed by atoms with Crippen molar-refractivity contribution in [3.05, 3.63) is 64.4 Å². The number of nitrogens with zero attached hydrogens (tertiary/aromatic N) is 5. The molecule has 1 aromatic heterocycles. The number of hydrogen-bond acceptors (Lipinski definition) is 4. The fraction of sp³-hybridized carbons (Fsp3) is 0.318. The van der Waals surface area contributed by atoms with Crippen LogP contribution in [0.4, 0.5) is 32.4 Å². The molecule has 35 heavy (non-hydrogen) atoms. The summed E-state index contributed by atoms with van der Waals surface area (Å²) >= 11 is 5.92. The standard InChI is InChI=1S/C22H20ClF5N6O/c1-32-6-8-33(9-7-32)21(35)34(15-4-5-17(24)16(23)11-15)12-14-3-2-13(10-18(14)25)19-29-20(31-30-19)22(26,27)28/h2-5,10-11H,6-9,12H2,1H3,(H,29,30,31). The number of piperazine rings is 1. The van der Waals surface area contributed by atoms with Crippen LogP contribution in [0.15, 0.2) is 36.4 Å². The van der Waals surface area contributed by atoms with Crippen LogP contribution in [0.2, 0.25) is 5.02 Å². The number of likely N-dealkylation sites (N-methyl/N-ethyl adjacent to an activating group) is 1. The van der Waals surface area contributed by atoms with Gasteiger partial charge in [0.25, 0.3) is 0 Å². The Bertz CT molecular complexity index is 1230. The Kier molecular flexibility index (Phi) is 6.95. The van der Waals surface area contributed by atoms with Gasteiger partial charge in [-0.05, 0) is 31.3 Å². The highest BCUT2D eigenvalue weighted by Crippen LogP contribution is 2.29. The van der Waals surface area contributed by atoms with Crippen LogP contribution in [0, 0.1) is 11.6 Å². The van der Waals surface area contributed by atoms with Gasteiger partial charge in [0.1, 0.15) is 11.6 Å². The molecule has 2 amide bonds. The molecule has 0 atom stereocenters. The van der Waals surface area contributed by atoms with E-state index in [0.717, 1.165) is 12.1 Å². The Morgan fingerprint density at radius 1 is 1.09 bits per heavy atom. The molecule has 1 aliphatic heterocycles. The second kappa shape index (κ2) is 9.78. The second-order valence-electron chi connectivity index (χ2n) is 8.07. The SMILES string of the molecule is CN1CCN(C(=O)N(Cc2ccc(-c3n[nH]c(C(F)(F)F)n3)cc2F)c2ccc(F)c(Cl)c2)CC1. The fourth-order valence-electron chi connectivity index (χ4n) is 3.59. The maximum Gasteiger partial charge on any atom is 0.451 e. The minimum absolute atomic E-state index is 0.0276. The summed E-state index contributed by atoms with van der Waals surface area (Å²) in [6.45, 7) is 2.00. The zero-order chi connectivity index (χ0) is 25.3. The first-order chi connectivity index (χ1) is 16.5. The molecule has 13 heteroatoms. The van der Waals surface area contributed by atoms with E-state index in [1.807, 2.05) is 7.05 Å². The summed E-state index contributed by atoms with van der Waals surface area (Å²) in [6.07, 6.45) is -4.72. The van der Waals surface area contributed by atoms with E-state index in [1.54, 1.807) is 10.00 Å². The van der Waals surface area contributed by atoms with E-state index in [0.29, 0.717) is 26.2 Å². The lowest BCUT2D eigenvalue weighted by Gasteiger charge is -2.36. The predicted octanol–water partition coefficient (Wildman–Crippen LogP) is 4.80. The first-order valence-corrected chi connectivity index (χ1v) is 10.9. The number of halogens is 6. The van der Waals surface area contributed by atoms with Crippen molar-refractivity contribution in [1.82, 2.24) is 25.0 Å². The minimum atomic E-state index is -4.72. The van der Waals surface area contributed by atoms with Gasteiger partial charge < -0.3 is 9.80 Å². The van der Waals surface area contributed by atoms with Crippen LogP contribution in [0.3, 0.4) is 0 Å². The third-order valence-electron chi connectivity index (χ3n) is 5.61. The summed E-state index contributed by atoms with van der Waals surface area (Å²) in [6, 6.07) is 7.05. The van der Waals surface area contributed by atoms with Crippen LogP contribution in [-0.2, 0) is 12.7 Å². The van der Waals surface area contributed by atoms with Gasteiger partial charge in [0, 0.05) is 43.0 Å². The number of aromatic nitrogens is 3. The molecule has 0 saturated carbocycles. The van der Waals surface area contributed by atoms with E-state index in [2.05, 4.69) is 15.0 Å². The molecular weight excluding hydrogens is 495 g/mol. The van der Waals surface area contributed by atoms with Crippen LogP contribution in [0.25, 0.3) is 11.4 Å². The Hall–Kier alpha value is -3.25. The van der Waals surface area contributed by atoms with E-state index < -0.39 is 29.7 Å². The van der Waals surface area contributed by atoms with Crippen molar-refractivity contribution in [3.63, 3.8) is 0 Å². The van der Waals surface area contributed by atoms with Gasteiger partial charge in [0.05, 0.1) is 11.6 Å². The number of benzene rings is 2. The van der Waals surface area contributed by atoms with Gasteiger partial charge in [0.2, 0.25) is 5.82 Å². The molecule has 1 aliphatic rings. The van der Waals surface area contributed by atoms with E-state index >= 15 is 4.39 Å². The molecule has 3 aromatic rings. The van der Waals surface area contributed by atoms with Crippen molar-refractivity contribution >= 4 is 23.3 Å². The quantitative estimate of drug-likeness (QED) is 0.508. The largest absolute Gasteiger partial charge is 0.451 e. The molecule has 2 heterocycles. The molecule has 2 aromatic carbocycles. The minimum Gasteiger partial charge on any atom is -0.322 e. The molecule has 4 rings (SSSR count). The van der Waals surface area contributed by atoms with Crippen LogP contribution in [0.1, 0.15) is 11.4 Å². The van der Waals surface area contributed by atoms with Crippen molar-refractivity contribution in [2.45, 2.75) is 12.7 Å². The van der Waals surface area contributed by atoms with E-state index in [9.17, 15) is 22.4 Å². The third kappa shape index (κ3) is 5.54. The number of carbonyl (C=O) groups is 1. The number of anilines is 1. The van der Waals surface area contributed by atoms with Gasteiger partial charge in [0.15, 0.2) is 5.82 Å². The van der Waals surface area contributed by atoms with Crippen LogP contribution in [0.5, 0.6) is 0 Å². The average Bonchev–Trinajstić information content (AvgIpc) is 3.31. The van der Waals surface area contributed by atoms with Gasteiger partial charge in [-0.3, -0.25) is 10.00 Å². The number of nitrogens with one attached hydrogen (secondary N) is 1. The van der Waals surface area contributed by atoms with E-state index in [-0.39, 0.29) is 34.2 Å². The molecular formula is C22H20ClF5N6O. The van der Waals surface area contributed by atoms with Gasteiger partial charge in [-0.25, -0.2) is 18.6 Å². The lowest BCUT2D eigenvalue weighted by Crippen LogP contribution is -2.52. The summed E-state index contributed by atoms with van der Waals surface area (Å²) in [5.41, 5.74) is 0.385. The molecule has 1 N–H and O–H groups in total. The molecule has 0 aliphatic carbocycles. The number of urea groups is 1. The monoisotopic (exact) mass is 514 g/mol. The average molecular weight is 515 g/mol.